The van der Waals surface area contributed by atoms with Crippen LogP contribution < -0.4 is 0 Å². The van der Waals surface area contributed by atoms with E-state index in [1.54, 1.807) is 23.9 Å². The molecule has 0 unspecified atom stereocenters. The summed E-state index contributed by atoms with van der Waals surface area (Å²) in [6.07, 6.45) is 0. The Morgan fingerprint density at radius 2 is 2.00 bits per heavy atom. The summed E-state index contributed by atoms with van der Waals surface area (Å²) in [4.78, 5) is 1.14. The van der Waals surface area contributed by atoms with Crippen LogP contribution in [-0.2, 0) is 12.3 Å². The van der Waals surface area contributed by atoms with Crippen molar-refractivity contribution in [1.29, 1.82) is 0 Å². The molecule has 5 heteroatoms. The molecule has 0 saturated heterocycles. The van der Waals surface area contributed by atoms with E-state index in [4.69, 9.17) is 0 Å². The van der Waals surface area contributed by atoms with Crippen molar-refractivity contribution in [2.24, 2.45) is 0 Å². The molecule has 1 aromatic heterocycles. The lowest BCUT2D eigenvalue weighted by Gasteiger charge is -2.05. The maximum Gasteiger partial charge on any atom is 0.115 e. The van der Waals surface area contributed by atoms with Gasteiger partial charge in [-0.25, -0.2) is 0 Å². The number of nitrogens with zero attached hydrogens (tertiary/aromatic N) is 2. The van der Waals surface area contributed by atoms with Crippen molar-refractivity contribution in [3.05, 3.63) is 40.1 Å². The van der Waals surface area contributed by atoms with E-state index in [2.05, 4.69) is 28.0 Å². The van der Waals surface area contributed by atoms with Crippen LogP contribution in [-0.4, -0.2) is 14.9 Å². The average molecular weight is 327 g/mol. The highest BCUT2D eigenvalue weighted by Gasteiger charge is 2.12. The minimum absolute atomic E-state index is 0.301. The predicted molar refractivity (Wildman–Crippen MR) is 78.0 cm³/mol. The molecular weight excluding hydrogens is 312 g/mol. The second kappa shape index (κ2) is 5.80. The van der Waals surface area contributed by atoms with Crippen molar-refractivity contribution in [2.75, 3.05) is 0 Å². The highest BCUT2D eigenvalue weighted by atomic mass is 79.9. The Kier molecular flexibility index (Phi) is 4.35. The predicted octanol–water partition coefficient (Wildman–Crippen LogP) is 3.97. The third-order valence-electron chi connectivity index (χ3n) is 2.67. The first kappa shape index (κ1) is 13.5. The zero-order chi connectivity index (χ0) is 13.1. The Bertz CT molecular complexity index is 537. The Hall–Kier alpha value is -0.940. The van der Waals surface area contributed by atoms with Crippen molar-refractivity contribution in [3.63, 3.8) is 0 Å². The van der Waals surface area contributed by atoms with Gasteiger partial charge in [0.25, 0.3) is 0 Å². The normalized spacial score (nSPS) is 10.8. The van der Waals surface area contributed by atoms with Gasteiger partial charge in [-0.05, 0) is 54.0 Å². The summed E-state index contributed by atoms with van der Waals surface area (Å²) in [5, 5.41) is 13.7. The summed E-state index contributed by atoms with van der Waals surface area (Å²) in [6.45, 7) is 4.97. The molecule has 0 fully saturated rings. The molecule has 18 heavy (non-hydrogen) atoms. The zero-order valence-electron chi connectivity index (χ0n) is 10.4. The van der Waals surface area contributed by atoms with Gasteiger partial charge in [0, 0.05) is 17.2 Å². The lowest BCUT2D eigenvalue weighted by molar-refractivity contribution is 0.475. The number of phenols is 1. The molecule has 1 heterocycles. The van der Waals surface area contributed by atoms with Crippen LogP contribution >= 0.6 is 27.7 Å². The third-order valence-corrected chi connectivity index (χ3v) is 4.72. The Morgan fingerprint density at radius 1 is 1.33 bits per heavy atom. The number of aryl methyl sites for hydroxylation is 2. The summed E-state index contributed by atoms with van der Waals surface area (Å²) in [7, 11) is 0. The quantitative estimate of drug-likeness (QED) is 0.864. The van der Waals surface area contributed by atoms with E-state index >= 15 is 0 Å². The minimum Gasteiger partial charge on any atom is -0.508 e. The highest BCUT2D eigenvalue weighted by Crippen LogP contribution is 2.29. The van der Waals surface area contributed by atoms with Gasteiger partial charge in [0.15, 0.2) is 0 Å². The van der Waals surface area contributed by atoms with Crippen molar-refractivity contribution in [2.45, 2.75) is 31.0 Å². The van der Waals surface area contributed by atoms with Crippen molar-refractivity contribution in [3.8, 4) is 5.75 Å². The molecule has 0 aliphatic carbocycles. The number of thioether (sulfide) groups is 1. The van der Waals surface area contributed by atoms with Gasteiger partial charge in [-0.1, -0.05) is 0 Å². The molecule has 2 aromatic rings. The topological polar surface area (TPSA) is 38.0 Å². The molecule has 0 amide bonds. The monoisotopic (exact) mass is 326 g/mol. The number of aromatic hydroxyl groups is 1. The fourth-order valence-electron chi connectivity index (χ4n) is 1.70. The van der Waals surface area contributed by atoms with Gasteiger partial charge in [-0.2, -0.15) is 5.10 Å². The van der Waals surface area contributed by atoms with E-state index < -0.39 is 0 Å². The van der Waals surface area contributed by atoms with E-state index in [0.717, 1.165) is 27.4 Å². The number of aromatic nitrogens is 2. The molecule has 0 spiro atoms. The van der Waals surface area contributed by atoms with Crippen molar-refractivity contribution < 1.29 is 5.11 Å². The SMILES string of the molecule is CCn1nc(C)c(Br)c1CSc1ccc(O)cc1. The van der Waals surface area contributed by atoms with Gasteiger partial charge in [0.2, 0.25) is 0 Å². The third kappa shape index (κ3) is 2.90. The van der Waals surface area contributed by atoms with Crippen LogP contribution in [0.2, 0.25) is 0 Å². The molecule has 0 saturated carbocycles. The first-order valence-electron chi connectivity index (χ1n) is 5.75. The van der Waals surface area contributed by atoms with Crippen LogP contribution in [0.1, 0.15) is 18.3 Å². The van der Waals surface area contributed by atoms with Gasteiger partial charge >= 0.3 is 0 Å². The van der Waals surface area contributed by atoms with E-state index in [1.807, 2.05) is 23.7 Å². The lowest BCUT2D eigenvalue weighted by atomic mass is 10.3. The van der Waals surface area contributed by atoms with Crippen molar-refractivity contribution >= 4 is 27.7 Å². The Labute approximate surface area is 119 Å². The van der Waals surface area contributed by atoms with Gasteiger partial charge in [-0.3, -0.25) is 4.68 Å². The van der Waals surface area contributed by atoms with E-state index in [1.165, 1.54) is 5.69 Å². The molecule has 0 aliphatic heterocycles. The van der Waals surface area contributed by atoms with Crippen LogP contribution in [0.3, 0.4) is 0 Å². The standard InChI is InChI=1S/C13H15BrN2OS/c1-3-16-12(13(14)9(2)15-16)8-18-11-6-4-10(17)5-7-11/h4-7,17H,3,8H2,1-2H3. The van der Waals surface area contributed by atoms with Crippen LogP contribution in [0.4, 0.5) is 0 Å². The van der Waals surface area contributed by atoms with Gasteiger partial charge in [-0.15, -0.1) is 11.8 Å². The zero-order valence-corrected chi connectivity index (χ0v) is 12.8. The molecule has 1 N–H and O–H groups in total. The number of hydrogen-bond acceptors (Lipinski definition) is 3. The minimum atomic E-state index is 0.301. The van der Waals surface area contributed by atoms with Gasteiger partial charge in [0.1, 0.15) is 5.75 Å². The van der Waals surface area contributed by atoms with Gasteiger partial charge < -0.3 is 5.11 Å². The lowest BCUT2D eigenvalue weighted by Crippen LogP contribution is -2.01. The van der Waals surface area contributed by atoms with Gasteiger partial charge in [0.05, 0.1) is 15.9 Å². The molecule has 0 bridgehead atoms. The number of rotatable bonds is 4. The molecule has 96 valence electrons. The average Bonchev–Trinajstić information content (AvgIpc) is 2.65. The first-order chi connectivity index (χ1) is 8.61. The maximum absolute atomic E-state index is 9.24. The first-order valence-corrected chi connectivity index (χ1v) is 7.53. The second-order valence-electron chi connectivity index (χ2n) is 3.94. The fourth-order valence-corrected chi connectivity index (χ4v) is 3.24. The Balaban J connectivity index is 2.12. The number of benzene rings is 1. The molecular formula is C13H15BrN2OS. The summed E-state index contributed by atoms with van der Waals surface area (Å²) in [5.74, 6) is 1.16. The molecule has 3 nitrogen and oxygen atoms in total. The number of halogens is 1. The van der Waals surface area contributed by atoms with E-state index in [-0.39, 0.29) is 0 Å². The van der Waals surface area contributed by atoms with E-state index in [9.17, 15) is 5.11 Å². The molecule has 2 rings (SSSR count). The second-order valence-corrected chi connectivity index (χ2v) is 5.79. The Morgan fingerprint density at radius 3 is 2.61 bits per heavy atom. The smallest absolute Gasteiger partial charge is 0.115 e. The molecule has 0 radical (unpaired) electrons. The van der Waals surface area contributed by atoms with Crippen LogP contribution in [0.25, 0.3) is 0 Å². The van der Waals surface area contributed by atoms with E-state index in [0.29, 0.717) is 5.75 Å². The largest absolute Gasteiger partial charge is 0.508 e. The fraction of sp³-hybridized carbons (Fsp3) is 0.308. The number of phenolic OH excluding ortho intramolecular Hbond substituents is 1. The summed E-state index contributed by atoms with van der Waals surface area (Å²) in [5.41, 5.74) is 2.23. The van der Waals surface area contributed by atoms with Crippen LogP contribution in [0.5, 0.6) is 5.75 Å². The maximum atomic E-state index is 9.24. The molecule has 1 aromatic carbocycles. The summed E-state index contributed by atoms with van der Waals surface area (Å²) >= 11 is 5.33. The number of hydrogen-bond donors (Lipinski definition) is 1. The van der Waals surface area contributed by atoms with Crippen molar-refractivity contribution in [1.82, 2.24) is 9.78 Å². The molecule has 0 atom stereocenters. The molecule has 0 aliphatic rings. The van der Waals surface area contributed by atoms with Crippen LogP contribution in [0, 0.1) is 6.92 Å². The van der Waals surface area contributed by atoms with Crippen LogP contribution in [0.15, 0.2) is 33.6 Å². The summed E-state index contributed by atoms with van der Waals surface area (Å²) in [6, 6.07) is 7.26. The summed E-state index contributed by atoms with van der Waals surface area (Å²) < 4.78 is 3.11. The highest BCUT2D eigenvalue weighted by molar-refractivity contribution is 9.10.